The highest BCUT2D eigenvalue weighted by molar-refractivity contribution is 6.08. The number of carbonyl (C=O) groups is 2. The fourth-order valence-electron chi connectivity index (χ4n) is 3.29. The van der Waals surface area contributed by atoms with Gasteiger partial charge in [0.25, 0.3) is 5.91 Å². The number of aliphatic hydroxyl groups excluding tert-OH is 1. The van der Waals surface area contributed by atoms with Gasteiger partial charge in [0.2, 0.25) is 6.79 Å². The Labute approximate surface area is 149 Å². The molecule has 1 atom stereocenters. The van der Waals surface area contributed by atoms with Crippen LogP contribution in [0.3, 0.4) is 0 Å². The van der Waals surface area contributed by atoms with Crippen LogP contribution in [0.15, 0.2) is 54.1 Å². The average Bonchev–Trinajstić information content (AvgIpc) is 3.20. The Morgan fingerprint density at radius 2 is 2.12 bits per heavy atom. The normalized spacial score (nSPS) is 18.6. The molecule has 0 aliphatic carbocycles. The maximum Gasteiger partial charge on any atom is 0.290 e. The molecule has 0 unspecified atom stereocenters. The molecule has 0 fully saturated rings. The van der Waals surface area contributed by atoms with Crippen molar-refractivity contribution in [1.29, 1.82) is 0 Å². The maximum absolute atomic E-state index is 12.6. The zero-order chi connectivity index (χ0) is 18.3. The van der Waals surface area contributed by atoms with Gasteiger partial charge in [-0.3, -0.25) is 14.6 Å². The number of pyridine rings is 1. The Hall–Kier alpha value is -3.35. The standard InChI is InChI=1S/C19H16N2O5/c1-11(22)16-17(13-4-5-14-15(7-13)26-10-25-14)21(19(24)18(16)23)9-12-3-2-6-20-8-12/h2-8,17,23H,9-10H2,1H3/t17-/m1/s1. The summed E-state index contributed by atoms with van der Waals surface area (Å²) >= 11 is 0. The first kappa shape index (κ1) is 16.1. The number of nitrogens with zero attached hydrogens (tertiary/aromatic N) is 2. The highest BCUT2D eigenvalue weighted by atomic mass is 16.7. The van der Waals surface area contributed by atoms with Gasteiger partial charge in [-0.2, -0.15) is 0 Å². The molecule has 1 aromatic carbocycles. The van der Waals surface area contributed by atoms with E-state index in [0.29, 0.717) is 17.1 Å². The van der Waals surface area contributed by atoms with Crippen molar-refractivity contribution in [3.63, 3.8) is 0 Å². The molecule has 0 radical (unpaired) electrons. The van der Waals surface area contributed by atoms with Crippen LogP contribution in [0.2, 0.25) is 0 Å². The Morgan fingerprint density at radius 1 is 1.31 bits per heavy atom. The van der Waals surface area contributed by atoms with Crippen LogP contribution in [-0.4, -0.2) is 33.5 Å². The fraction of sp³-hybridized carbons (Fsp3) is 0.211. The number of ketones is 1. The van der Waals surface area contributed by atoms with Crippen molar-refractivity contribution in [1.82, 2.24) is 9.88 Å². The lowest BCUT2D eigenvalue weighted by Crippen LogP contribution is -2.30. The predicted molar refractivity (Wildman–Crippen MR) is 90.4 cm³/mol. The van der Waals surface area contributed by atoms with Crippen LogP contribution in [0.4, 0.5) is 0 Å². The topological polar surface area (TPSA) is 89.0 Å². The van der Waals surface area contributed by atoms with Crippen LogP contribution < -0.4 is 9.47 Å². The third-order valence-corrected chi connectivity index (χ3v) is 4.47. The molecule has 7 nitrogen and oxygen atoms in total. The second-order valence-electron chi connectivity index (χ2n) is 6.13. The van der Waals surface area contributed by atoms with Gasteiger partial charge in [-0.05, 0) is 36.2 Å². The van der Waals surface area contributed by atoms with Crippen molar-refractivity contribution in [3.8, 4) is 11.5 Å². The van der Waals surface area contributed by atoms with Gasteiger partial charge in [0.1, 0.15) is 0 Å². The number of Topliss-reactive ketones (excluding diaryl/α,β-unsaturated/α-hetero) is 1. The minimum absolute atomic E-state index is 0.0813. The van der Waals surface area contributed by atoms with E-state index in [1.165, 1.54) is 11.8 Å². The van der Waals surface area contributed by atoms with Crippen LogP contribution in [0, 0.1) is 0 Å². The van der Waals surface area contributed by atoms with Crippen molar-refractivity contribution in [2.24, 2.45) is 0 Å². The smallest absolute Gasteiger partial charge is 0.290 e. The lowest BCUT2D eigenvalue weighted by atomic mass is 9.96. The van der Waals surface area contributed by atoms with Gasteiger partial charge in [0, 0.05) is 18.9 Å². The van der Waals surface area contributed by atoms with E-state index in [-0.39, 0.29) is 24.7 Å². The van der Waals surface area contributed by atoms with Crippen molar-refractivity contribution in [3.05, 3.63) is 65.2 Å². The molecule has 1 amide bonds. The van der Waals surface area contributed by atoms with E-state index in [4.69, 9.17) is 9.47 Å². The van der Waals surface area contributed by atoms with E-state index in [0.717, 1.165) is 5.56 Å². The van der Waals surface area contributed by atoms with Crippen LogP contribution >= 0.6 is 0 Å². The third-order valence-electron chi connectivity index (χ3n) is 4.47. The number of aliphatic hydroxyl groups is 1. The molecule has 2 aliphatic heterocycles. The number of benzene rings is 1. The van der Waals surface area contributed by atoms with Gasteiger partial charge in [-0.1, -0.05) is 12.1 Å². The van der Waals surface area contributed by atoms with Crippen molar-refractivity contribution >= 4 is 11.7 Å². The largest absolute Gasteiger partial charge is 0.503 e. The van der Waals surface area contributed by atoms with Crippen LogP contribution in [0.1, 0.15) is 24.1 Å². The van der Waals surface area contributed by atoms with Gasteiger partial charge in [-0.25, -0.2) is 0 Å². The number of ether oxygens (including phenoxy) is 2. The average molecular weight is 352 g/mol. The van der Waals surface area contributed by atoms with Crippen molar-refractivity contribution in [2.45, 2.75) is 19.5 Å². The fourth-order valence-corrected chi connectivity index (χ4v) is 3.29. The van der Waals surface area contributed by atoms with Gasteiger partial charge in [0.05, 0.1) is 11.6 Å². The van der Waals surface area contributed by atoms with Crippen LogP contribution in [0.25, 0.3) is 0 Å². The number of amides is 1. The molecule has 1 N–H and O–H groups in total. The van der Waals surface area contributed by atoms with E-state index in [1.807, 2.05) is 6.07 Å². The summed E-state index contributed by atoms with van der Waals surface area (Å²) in [6.07, 6.45) is 3.29. The SMILES string of the molecule is CC(=O)C1=C(O)C(=O)N(Cc2cccnc2)[C@@H]1c1ccc2c(c1)OCO2. The molecule has 7 heteroatoms. The summed E-state index contributed by atoms with van der Waals surface area (Å²) in [5, 5.41) is 10.3. The Morgan fingerprint density at radius 3 is 2.85 bits per heavy atom. The van der Waals surface area contributed by atoms with Gasteiger partial charge < -0.3 is 19.5 Å². The predicted octanol–water partition coefficient (Wildman–Crippen LogP) is 2.29. The first-order valence-corrected chi connectivity index (χ1v) is 8.09. The molecular formula is C19H16N2O5. The number of hydrogen-bond donors (Lipinski definition) is 1. The number of rotatable bonds is 4. The first-order valence-electron chi connectivity index (χ1n) is 8.09. The molecule has 0 saturated carbocycles. The minimum Gasteiger partial charge on any atom is -0.503 e. The second-order valence-corrected chi connectivity index (χ2v) is 6.13. The van der Waals surface area contributed by atoms with E-state index in [1.54, 1.807) is 36.7 Å². The minimum atomic E-state index is -0.699. The number of aromatic nitrogens is 1. The first-order chi connectivity index (χ1) is 12.6. The molecule has 0 bridgehead atoms. The number of carbonyl (C=O) groups excluding carboxylic acids is 2. The Kier molecular flexibility index (Phi) is 3.84. The summed E-state index contributed by atoms with van der Waals surface area (Å²) in [4.78, 5) is 30.3. The van der Waals surface area contributed by atoms with E-state index in [2.05, 4.69) is 4.98 Å². The number of fused-ring (bicyclic) bond motifs is 1. The molecule has 0 spiro atoms. The lowest BCUT2D eigenvalue weighted by molar-refractivity contribution is -0.130. The van der Waals surface area contributed by atoms with E-state index in [9.17, 15) is 14.7 Å². The molecule has 26 heavy (non-hydrogen) atoms. The van der Waals surface area contributed by atoms with Crippen molar-refractivity contribution in [2.75, 3.05) is 6.79 Å². The highest BCUT2D eigenvalue weighted by Gasteiger charge is 2.42. The molecule has 2 aliphatic rings. The lowest BCUT2D eigenvalue weighted by Gasteiger charge is -2.26. The van der Waals surface area contributed by atoms with Gasteiger partial charge >= 0.3 is 0 Å². The summed E-state index contributed by atoms with van der Waals surface area (Å²) in [5.74, 6) is -0.294. The van der Waals surface area contributed by atoms with E-state index >= 15 is 0 Å². The molecular weight excluding hydrogens is 336 g/mol. The molecule has 1 aromatic heterocycles. The van der Waals surface area contributed by atoms with E-state index < -0.39 is 17.7 Å². The summed E-state index contributed by atoms with van der Waals surface area (Å²) in [7, 11) is 0. The Balaban J connectivity index is 1.77. The molecule has 0 saturated heterocycles. The van der Waals surface area contributed by atoms with Gasteiger partial charge in [0.15, 0.2) is 23.0 Å². The van der Waals surface area contributed by atoms with Crippen LogP contribution in [-0.2, 0) is 16.1 Å². The summed E-state index contributed by atoms with van der Waals surface area (Å²) < 4.78 is 10.7. The molecule has 2 aromatic rings. The monoisotopic (exact) mass is 352 g/mol. The summed E-state index contributed by atoms with van der Waals surface area (Å²) in [5.41, 5.74) is 1.54. The molecule has 4 rings (SSSR count). The Bertz CT molecular complexity index is 923. The van der Waals surface area contributed by atoms with Crippen molar-refractivity contribution < 1.29 is 24.2 Å². The summed E-state index contributed by atoms with van der Waals surface area (Å²) in [6.45, 7) is 1.68. The third kappa shape index (κ3) is 2.57. The number of hydrogen-bond acceptors (Lipinski definition) is 6. The zero-order valence-corrected chi connectivity index (χ0v) is 14.0. The highest BCUT2D eigenvalue weighted by Crippen LogP contribution is 2.42. The summed E-state index contributed by atoms with van der Waals surface area (Å²) in [6, 6.07) is 8.14. The quantitative estimate of drug-likeness (QED) is 0.908. The maximum atomic E-state index is 12.6. The molecule has 3 heterocycles. The zero-order valence-electron chi connectivity index (χ0n) is 14.0. The molecule has 132 valence electrons. The second kappa shape index (κ2) is 6.18. The van der Waals surface area contributed by atoms with Crippen LogP contribution in [0.5, 0.6) is 11.5 Å². The van der Waals surface area contributed by atoms with Gasteiger partial charge in [-0.15, -0.1) is 0 Å².